The van der Waals surface area contributed by atoms with Gasteiger partial charge in [-0.05, 0) is 6.42 Å². The van der Waals surface area contributed by atoms with Crippen molar-refractivity contribution in [1.29, 1.82) is 0 Å². The van der Waals surface area contributed by atoms with Gasteiger partial charge in [0.05, 0.1) is 32.0 Å². The van der Waals surface area contributed by atoms with Crippen LogP contribution in [0.2, 0.25) is 0 Å². The Hall–Kier alpha value is -0.360. The van der Waals surface area contributed by atoms with Gasteiger partial charge in [-0.1, -0.05) is 0 Å². The molecular weight excluding hydrogens is 262 g/mol. The van der Waals surface area contributed by atoms with Crippen LogP contribution in [0.15, 0.2) is 0 Å². The normalized spacial score (nSPS) is 39.2. The SMILES string of the molecule is O.OCC(CO)N[C@H]1C[C@](O)(CO)[C@@H](O)[C@H](O)[C@H]1O. The second kappa shape index (κ2) is 7.43. The molecule has 1 saturated carbocycles. The van der Waals surface area contributed by atoms with Crippen molar-refractivity contribution in [1.82, 2.24) is 5.32 Å². The van der Waals surface area contributed by atoms with Crippen molar-refractivity contribution in [3.05, 3.63) is 0 Å². The first-order valence-corrected chi connectivity index (χ1v) is 5.74. The monoisotopic (exact) mass is 285 g/mol. The standard InChI is InChI=1S/C10H21NO7.H2O/c12-2-5(3-13)11-6-1-10(18,4-14)9(17)8(16)7(6)15;/h5-9,11-18H,1-4H2;1H2/t6-,7-,8+,9-,10-;/m0./s1. The molecule has 0 amide bonds. The van der Waals surface area contributed by atoms with Crippen molar-refractivity contribution in [2.75, 3.05) is 19.8 Å². The zero-order valence-corrected chi connectivity index (χ0v) is 10.3. The molecule has 1 aliphatic rings. The lowest BCUT2D eigenvalue weighted by molar-refractivity contribution is -0.207. The minimum Gasteiger partial charge on any atom is -0.412 e. The van der Waals surface area contributed by atoms with Crippen LogP contribution in [0.5, 0.6) is 0 Å². The molecule has 0 aromatic rings. The number of rotatable bonds is 5. The fourth-order valence-electron chi connectivity index (χ4n) is 2.15. The van der Waals surface area contributed by atoms with Crippen molar-refractivity contribution in [3.63, 3.8) is 0 Å². The lowest BCUT2D eigenvalue weighted by Crippen LogP contribution is -2.68. The fourth-order valence-corrected chi connectivity index (χ4v) is 2.15. The van der Waals surface area contributed by atoms with Crippen LogP contribution in [0.1, 0.15) is 6.42 Å². The third-order valence-corrected chi connectivity index (χ3v) is 3.37. The Balaban J connectivity index is 0.00000324. The molecule has 1 aliphatic carbocycles. The molecule has 9 heteroatoms. The van der Waals surface area contributed by atoms with Crippen LogP contribution in [0.25, 0.3) is 0 Å². The highest BCUT2D eigenvalue weighted by Gasteiger charge is 2.51. The van der Waals surface area contributed by atoms with Gasteiger partial charge in [0.25, 0.3) is 0 Å². The number of aliphatic hydroxyl groups is 7. The van der Waals surface area contributed by atoms with Crippen molar-refractivity contribution in [3.8, 4) is 0 Å². The number of aliphatic hydroxyl groups excluding tert-OH is 6. The van der Waals surface area contributed by atoms with E-state index < -0.39 is 55.8 Å². The van der Waals surface area contributed by atoms with E-state index in [1.165, 1.54) is 0 Å². The molecule has 0 aromatic carbocycles. The van der Waals surface area contributed by atoms with Gasteiger partial charge in [-0.25, -0.2) is 0 Å². The summed E-state index contributed by atoms with van der Waals surface area (Å²) in [5, 5.41) is 68.4. The topological polar surface area (TPSA) is 185 Å². The maximum atomic E-state index is 9.93. The Morgan fingerprint density at radius 3 is 2.00 bits per heavy atom. The third-order valence-electron chi connectivity index (χ3n) is 3.37. The summed E-state index contributed by atoms with van der Waals surface area (Å²) < 4.78 is 0. The van der Waals surface area contributed by atoms with Crippen LogP contribution in [-0.4, -0.2) is 97.0 Å². The summed E-state index contributed by atoms with van der Waals surface area (Å²) in [5.41, 5.74) is -1.94. The molecule has 0 saturated heterocycles. The predicted molar refractivity (Wildman–Crippen MR) is 63.2 cm³/mol. The van der Waals surface area contributed by atoms with E-state index in [1.807, 2.05) is 0 Å². The lowest BCUT2D eigenvalue weighted by atomic mass is 9.76. The average Bonchev–Trinajstić information content (AvgIpc) is 2.39. The van der Waals surface area contributed by atoms with Gasteiger partial charge in [0.2, 0.25) is 0 Å². The van der Waals surface area contributed by atoms with Crippen LogP contribution < -0.4 is 5.32 Å². The van der Waals surface area contributed by atoms with Crippen molar-refractivity contribution in [2.45, 2.75) is 42.4 Å². The van der Waals surface area contributed by atoms with E-state index in [4.69, 9.17) is 15.3 Å². The van der Waals surface area contributed by atoms with Crippen molar-refractivity contribution < 1.29 is 41.2 Å². The maximum Gasteiger partial charge on any atom is 0.118 e. The second-order valence-corrected chi connectivity index (χ2v) is 4.73. The molecule has 0 unspecified atom stereocenters. The smallest absolute Gasteiger partial charge is 0.118 e. The Bertz CT molecular complexity index is 264. The van der Waals surface area contributed by atoms with E-state index in [-0.39, 0.29) is 11.9 Å². The Morgan fingerprint density at radius 2 is 1.58 bits per heavy atom. The highest BCUT2D eigenvalue weighted by Crippen LogP contribution is 2.29. The van der Waals surface area contributed by atoms with Gasteiger partial charge in [-0.2, -0.15) is 0 Å². The molecule has 0 spiro atoms. The predicted octanol–water partition coefficient (Wildman–Crippen LogP) is -5.32. The van der Waals surface area contributed by atoms with Gasteiger partial charge >= 0.3 is 0 Å². The first-order valence-electron chi connectivity index (χ1n) is 5.74. The molecule has 9 nitrogen and oxygen atoms in total. The van der Waals surface area contributed by atoms with E-state index in [9.17, 15) is 20.4 Å². The molecule has 0 heterocycles. The summed E-state index contributed by atoms with van der Waals surface area (Å²) in [6.07, 6.45) is -4.91. The van der Waals surface area contributed by atoms with E-state index in [1.54, 1.807) is 0 Å². The van der Waals surface area contributed by atoms with E-state index in [0.29, 0.717) is 0 Å². The average molecular weight is 285 g/mol. The molecule has 1 fully saturated rings. The quantitative estimate of drug-likeness (QED) is 0.246. The Morgan fingerprint density at radius 1 is 1.05 bits per heavy atom. The first-order chi connectivity index (χ1) is 8.39. The summed E-state index contributed by atoms with van der Waals surface area (Å²) >= 11 is 0. The summed E-state index contributed by atoms with van der Waals surface area (Å²) in [5.74, 6) is 0. The molecular formula is C10H23NO8. The molecule has 5 atom stereocenters. The summed E-state index contributed by atoms with van der Waals surface area (Å²) in [6, 6.07) is -1.60. The number of hydrogen-bond donors (Lipinski definition) is 8. The molecule has 1 rings (SSSR count). The van der Waals surface area contributed by atoms with E-state index in [0.717, 1.165) is 0 Å². The van der Waals surface area contributed by atoms with Crippen LogP contribution in [-0.2, 0) is 0 Å². The number of hydrogen-bond acceptors (Lipinski definition) is 8. The molecule has 0 aromatic heterocycles. The van der Waals surface area contributed by atoms with Crippen LogP contribution in [0.3, 0.4) is 0 Å². The third kappa shape index (κ3) is 3.81. The molecule has 116 valence electrons. The van der Waals surface area contributed by atoms with Crippen molar-refractivity contribution >= 4 is 0 Å². The highest BCUT2D eigenvalue weighted by atomic mass is 16.4. The zero-order chi connectivity index (χ0) is 13.9. The molecule has 0 bridgehead atoms. The van der Waals surface area contributed by atoms with Crippen LogP contribution >= 0.6 is 0 Å². The molecule has 10 N–H and O–H groups in total. The summed E-state index contributed by atoms with van der Waals surface area (Å²) in [7, 11) is 0. The van der Waals surface area contributed by atoms with Gasteiger partial charge in [0, 0.05) is 6.04 Å². The van der Waals surface area contributed by atoms with Crippen LogP contribution in [0.4, 0.5) is 0 Å². The summed E-state index contributed by atoms with van der Waals surface area (Å²) in [6.45, 7) is -1.56. The van der Waals surface area contributed by atoms with Gasteiger partial charge in [-0.3, -0.25) is 0 Å². The minimum absolute atomic E-state index is 0. The highest BCUT2D eigenvalue weighted by molar-refractivity contribution is 5.05. The lowest BCUT2D eigenvalue weighted by Gasteiger charge is -2.46. The van der Waals surface area contributed by atoms with Gasteiger partial charge in [-0.15, -0.1) is 0 Å². The Kier molecular flexibility index (Phi) is 7.29. The van der Waals surface area contributed by atoms with E-state index >= 15 is 0 Å². The summed E-state index contributed by atoms with van der Waals surface area (Å²) in [4.78, 5) is 0. The van der Waals surface area contributed by atoms with Crippen molar-refractivity contribution in [2.24, 2.45) is 0 Å². The zero-order valence-electron chi connectivity index (χ0n) is 10.3. The molecule has 0 radical (unpaired) electrons. The van der Waals surface area contributed by atoms with Gasteiger partial charge in [0.15, 0.2) is 0 Å². The molecule has 0 aliphatic heterocycles. The fraction of sp³-hybridized carbons (Fsp3) is 1.00. The van der Waals surface area contributed by atoms with Gasteiger partial charge in [0.1, 0.15) is 17.8 Å². The second-order valence-electron chi connectivity index (χ2n) is 4.73. The maximum absolute atomic E-state index is 9.93. The Labute approximate surface area is 110 Å². The molecule has 19 heavy (non-hydrogen) atoms. The largest absolute Gasteiger partial charge is 0.412 e. The minimum atomic E-state index is -1.94. The number of nitrogens with one attached hydrogen (secondary N) is 1. The first kappa shape index (κ1) is 18.6. The van der Waals surface area contributed by atoms with Gasteiger partial charge < -0.3 is 46.5 Å². The van der Waals surface area contributed by atoms with E-state index in [2.05, 4.69) is 5.32 Å². The van der Waals surface area contributed by atoms with Crippen LogP contribution in [0, 0.1) is 0 Å².